The highest BCUT2D eigenvalue weighted by Crippen LogP contribution is 2.25. The number of halogens is 1. The summed E-state index contributed by atoms with van der Waals surface area (Å²) in [6.45, 7) is 2.04. The Morgan fingerprint density at radius 3 is 2.76 bits per heavy atom. The van der Waals surface area contributed by atoms with Gasteiger partial charge in [0.15, 0.2) is 6.10 Å². The molecule has 29 heavy (non-hydrogen) atoms. The molecule has 0 spiro atoms. The lowest BCUT2D eigenvalue weighted by Gasteiger charge is -2.23. The van der Waals surface area contributed by atoms with E-state index in [0.29, 0.717) is 34.7 Å². The molecule has 152 valence electrons. The lowest BCUT2D eigenvalue weighted by Crippen LogP contribution is -2.39. The number of methoxy groups -OCH3 is 1. The number of likely N-dealkylation sites (N-methyl/N-ethyl adjacent to an activating group) is 1. The van der Waals surface area contributed by atoms with Crippen LogP contribution in [0.15, 0.2) is 53.1 Å². The second kappa shape index (κ2) is 9.43. The molecule has 3 aromatic rings. The summed E-state index contributed by atoms with van der Waals surface area (Å²) in [6.07, 6.45) is -0.173. The topological polar surface area (TPSA) is 77.7 Å². The normalized spacial score (nSPS) is 11.7. The molecule has 0 aliphatic rings. The van der Waals surface area contributed by atoms with Crippen molar-refractivity contribution in [3.8, 4) is 22.9 Å². The van der Waals surface area contributed by atoms with Gasteiger partial charge >= 0.3 is 0 Å². The zero-order chi connectivity index (χ0) is 20.8. The zero-order valence-corrected chi connectivity index (χ0v) is 17.2. The van der Waals surface area contributed by atoms with Gasteiger partial charge < -0.3 is 18.9 Å². The molecule has 1 aromatic heterocycles. The number of benzene rings is 2. The number of carbonyl (C=O) groups excluding carboxylic acids is 1. The molecule has 2 aromatic carbocycles. The third-order valence-corrected chi connectivity index (χ3v) is 4.61. The summed E-state index contributed by atoms with van der Waals surface area (Å²) in [6, 6.07) is 14.4. The quantitative estimate of drug-likeness (QED) is 0.548. The van der Waals surface area contributed by atoms with E-state index in [0.717, 1.165) is 5.56 Å². The van der Waals surface area contributed by atoms with Gasteiger partial charge in [-0.1, -0.05) is 47.9 Å². The van der Waals surface area contributed by atoms with Crippen LogP contribution in [0.3, 0.4) is 0 Å². The van der Waals surface area contributed by atoms with Gasteiger partial charge in [0, 0.05) is 12.6 Å². The third-order valence-electron chi connectivity index (χ3n) is 4.30. The van der Waals surface area contributed by atoms with Gasteiger partial charge in [-0.15, -0.1) is 0 Å². The second-order valence-corrected chi connectivity index (χ2v) is 6.79. The van der Waals surface area contributed by atoms with E-state index in [1.54, 1.807) is 38.4 Å². The average Bonchev–Trinajstić information content (AvgIpc) is 3.21. The molecular formula is C21H22ClN3O4. The van der Waals surface area contributed by atoms with Gasteiger partial charge in [-0.05, 0) is 30.7 Å². The van der Waals surface area contributed by atoms with E-state index in [-0.39, 0.29) is 12.5 Å². The van der Waals surface area contributed by atoms with Gasteiger partial charge in [0.1, 0.15) is 11.5 Å². The number of hydrogen-bond acceptors (Lipinski definition) is 6. The van der Waals surface area contributed by atoms with Crippen LogP contribution >= 0.6 is 11.6 Å². The predicted octanol–water partition coefficient (Wildman–Crippen LogP) is 4.21. The molecule has 1 atom stereocenters. The number of rotatable bonds is 8. The average molecular weight is 416 g/mol. The maximum absolute atomic E-state index is 12.8. The molecule has 0 aliphatic heterocycles. The van der Waals surface area contributed by atoms with Gasteiger partial charge in [0.25, 0.3) is 5.91 Å². The zero-order valence-electron chi connectivity index (χ0n) is 16.5. The van der Waals surface area contributed by atoms with Crippen LogP contribution in [0.4, 0.5) is 0 Å². The van der Waals surface area contributed by atoms with Crippen molar-refractivity contribution in [2.45, 2.75) is 26.0 Å². The van der Waals surface area contributed by atoms with Gasteiger partial charge in [-0.3, -0.25) is 4.79 Å². The van der Waals surface area contributed by atoms with E-state index in [2.05, 4.69) is 10.1 Å². The smallest absolute Gasteiger partial charge is 0.263 e. The van der Waals surface area contributed by atoms with Crippen LogP contribution in [-0.2, 0) is 11.3 Å². The lowest BCUT2D eigenvalue weighted by molar-refractivity contribution is -0.138. The van der Waals surface area contributed by atoms with E-state index in [9.17, 15) is 4.79 Å². The first-order valence-corrected chi connectivity index (χ1v) is 9.52. The number of amides is 1. The van der Waals surface area contributed by atoms with Crippen molar-refractivity contribution in [3.05, 3.63) is 59.4 Å². The Morgan fingerprint density at radius 2 is 2.03 bits per heavy atom. The van der Waals surface area contributed by atoms with Gasteiger partial charge in [0.2, 0.25) is 11.7 Å². The fourth-order valence-electron chi connectivity index (χ4n) is 2.73. The van der Waals surface area contributed by atoms with Crippen molar-refractivity contribution in [1.29, 1.82) is 0 Å². The predicted molar refractivity (Wildman–Crippen MR) is 109 cm³/mol. The van der Waals surface area contributed by atoms with Gasteiger partial charge in [-0.25, -0.2) is 0 Å². The summed E-state index contributed by atoms with van der Waals surface area (Å²) in [5.74, 6) is 1.73. The molecule has 0 saturated carbocycles. The van der Waals surface area contributed by atoms with E-state index in [4.69, 9.17) is 25.6 Å². The summed E-state index contributed by atoms with van der Waals surface area (Å²) in [5, 5.41) is 4.45. The highest BCUT2D eigenvalue weighted by Gasteiger charge is 2.24. The van der Waals surface area contributed by atoms with Gasteiger partial charge in [0.05, 0.1) is 18.7 Å². The van der Waals surface area contributed by atoms with Crippen molar-refractivity contribution >= 4 is 17.5 Å². The van der Waals surface area contributed by atoms with Crippen LogP contribution in [0.5, 0.6) is 11.5 Å². The summed E-state index contributed by atoms with van der Waals surface area (Å²) < 4.78 is 16.3. The molecule has 0 fully saturated rings. The Morgan fingerprint density at radius 1 is 1.24 bits per heavy atom. The molecule has 3 rings (SSSR count). The van der Waals surface area contributed by atoms with E-state index < -0.39 is 6.10 Å². The van der Waals surface area contributed by atoms with Crippen molar-refractivity contribution in [2.75, 3.05) is 14.2 Å². The SMILES string of the molecule is CC[C@H](Oc1ccccc1Cl)C(=O)N(C)Cc1nc(-c2cccc(OC)c2)no1. The molecule has 0 radical (unpaired) electrons. The standard InChI is InChI=1S/C21H22ClN3O4/c1-4-17(28-18-11-6-5-10-16(18)22)21(26)25(2)13-19-23-20(24-29-19)14-8-7-9-15(12-14)27-3/h5-12,17H,4,13H2,1-3H3/t17-/m0/s1. The fourth-order valence-corrected chi connectivity index (χ4v) is 2.91. The Balaban J connectivity index is 1.67. The van der Waals surface area contributed by atoms with Crippen molar-refractivity contribution in [3.63, 3.8) is 0 Å². The summed E-state index contributed by atoms with van der Waals surface area (Å²) in [4.78, 5) is 18.7. The largest absolute Gasteiger partial charge is 0.497 e. The highest BCUT2D eigenvalue weighted by atomic mass is 35.5. The maximum Gasteiger partial charge on any atom is 0.263 e. The molecule has 8 heteroatoms. The molecule has 0 saturated heterocycles. The maximum atomic E-state index is 12.8. The molecule has 0 bridgehead atoms. The van der Waals surface area contributed by atoms with Crippen LogP contribution in [0.1, 0.15) is 19.2 Å². The summed E-state index contributed by atoms with van der Waals surface area (Å²) in [5.41, 5.74) is 0.766. The second-order valence-electron chi connectivity index (χ2n) is 6.38. The van der Waals surface area contributed by atoms with Crippen LogP contribution in [0, 0.1) is 0 Å². The van der Waals surface area contributed by atoms with Crippen molar-refractivity contribution in [1.82, 2.24) is 15.0 Å². The molecule has 1 amide bonds. The minimum absolute atomic E-state index is 0.165. The van der Waals surface area contributed by atoms with Crippen LogP contribution in [-0.4, -0.2) is 41.2 Å². The van der Waals surface area contributed by atoms with Crippen molar-refractivity contribution < 1.29 is 18.8 Å². The lowest BCUT2D eigenvalue weighted by atomic mass is 10.2. The monoisotopic (exact) mass is 415 g/mol. The van der Waals surface area contributed by atoms with Gasteiger partial charge in [-0.2, -0.15) is 4.98 Å². The van der Waals surface area contributed by atoms with Crippen LogP contribution < -0.4 is 9.47 Å². The summed E-state index contributed by atoms with van der Waals surface area (Å²) in [7, 11) is 3.26. The number of carbonyl (C=O) groups is 1. The number of ether oxygens (including phenoxy) is 2. The Bertz CT molecular complexity index is 976. The van der Waals surface area contributed by atoms with E-state index in [1.807, 2.05) is 31.2 Å². The molecule has 0 N–H and O–H groups in total. The Labute approximate surface area is 174 Å². The highest BCUT2D eigenvalue weighted by molar-refractivity contribution is 6.32. The van der Waals surface area contributed by atoms with E-state index >= 15 is 0 Å². The number of aromatic nitrogens is 2. The Kier molecular flexibility index (Phi) is 6.72. The molecule has 0 aliphatic carbocycles. The number of nitrogens with zero attached hydrogens (tertiary/aromatic N) is 3. The fraction of sp³-hybridized carbons (Fsp3) is 0.286. The van der Waals surface area contributed by atoms with Crippen LogP contribution in [0.25, 0.3) is 11.4 Å². The Hall–Kier alpha value is -3.06. The third kappa shape index (κ3) is 5.06. The van der Waals surface area contributed by atoms with Crippen LogP contribution in [0.2, 0.25) is 5.02 Å². The van der Waals surface area contributed by atoms with Crippen molar-refractivity contribution in [2.24, 2.45) is 0 Å². The molecule has 1 heterocycles. The minimum Gasteiger partial charge on any atom is -0.497 e. The van der Waals surface area contributed by atoms with E-state index in [1.165, 1.54) is 4.90 Å². The molecular weight excluding hydrogens is 394 g/mol. The molecule has 7 nitrogen and oxygen atoms in total. The minimum atomic E-state index is -0.666. The first-order chi connectivity index (χ1) is 14.0. The number of para-hydroxylation sites is 1. The molecule has 0 unspecified atom stereocenters. The first kappa shape index (κ1) is 20.7. The summed E-state index contributed by atoms with van der Waals surface area (Å²) >= 11 is 6.13. The first-order valence-electron chi connectivity index (χ1n) is 9.15. The number of hydrogen-bond donors (Lipinski definition) is 0.